The zero-order chi connectivity index (χ0) is 21.3. The summed E-state index contributed by atoms with van der Waals surface area (Å²) in [5, 5.41) is 0. The molecule has 1 saturated heterocycles. The van der Waals surface area contributed by atoms with Gasteiger partial charge < -0.3 is 14.5 Å². The lowest BCUT2D eigenvalue weighted by atomic mass is 10.1. The van der Waals surface area contributed by atoms with Crippen molar-refractivity contribution in [2.24, 2.45) is 0 Å². The highest BCUT2D eigenvalue weighted by Gasteiger charge is 2.27. The van der Waals surface area contributed by atoms with Crippen molar-refractivity contribution in [1.82, 2.24) is 14.9 Å². The Morgan fingerprint density at radius 1 is 1.17 bits per heavy atom. The van der Waals surface area contributed by atoms with Gasteiger partial charge in [0.2, 0.25) is 5.88 Å². The Labute approximate surface area is 173 Å². The van der Waals surface area contributed by atoms with Gasteiger partial charge in [0.1, 0.15) is 18.2 Å². The van der Waals surface area contributed by atoms with E-state index in [4.69, 9.17) is 4.74 Å². The number of ether oxygens (including phenoxy) is 1. The van der Waals surface area contributed by atoms with Crippen LogP contribution in [0.25, 0.3) is 0 Å². The Balaban J connectivity index is 1.46. The van der Waals surface area contributed by atoms with E-state index in [1.807, 2.05) is 4.90 Å². The van der Waals surface area contributed by atoms with Gasteiger partial charge >= 0.3 is 6.09 Å². The molecule has 3 heterocycles. The maximum atomic E-state index is 12.0. The molecule has 11 heteroatoms. The number of rotatable bonds is 4. The minimum Gasteiger partial charge on any atom is -0.474 e. The molecule has 0 unspecified atom stereocenters. The number of benzene rings is 1. The topological polar surface area (TPSA) is 102 Å². The monoisotopic (exact) mass is 436 g/mol. The molecule has 1 aromatic heterocycles. The first-order valence-electron chi connectivity index (χ1n) is 9.52. The fourth-order valence-electron chi connectivity index (χ4n) is 3.76. The summed E-state index contributed by atoms with van der Waals surface area (Å²) in [4.78, 5) is 26.6. The van der Waals surface area contributed by atoms with Gasteiger partial charge in [0.15, 0.2) is 9.84 Å². The highest BCUT2D eigenvalue weighted by molar-refractivity contribution is 7.90. The first-order valence-corrected chi connectivity index (χ1v) is 11.4. The van der Waals surface area contributed by atoms with E-state index in [0.29, 0.717) is 55.5 Å². The zero-order valence-electron chi connectivity index (χ0n) is 16.3. The van der Waals surface area contributed by atoms with Crippen molar-refractivity contribution < 1.29 is 27.4 Å². The van der Waals surface area contributed by atoms with Crippen LogP contribution in [0.4, 0.5) is 20.8 Å². The number of piperidine rings is 1. The number of carbonyl (C=O) groups excluding carboxylic acids is 1. The number of anilines is 2. The van der Waals surface area contributed by atoms with Crippen LogP contribution in [-0.2, 0) is 21.2 Å². The fraction of sp³-hybridized carbons (Fsp3) is 0.421. The summed E-state index contributed by atoms with van der Waals surface area (Å²) in [6.45, 7) is 1.35. The first kappa shape index (κ1) is 20.3. The second-order valence-corrected chi connectivity index (χ2v) is 9.34. The van der Waals surface area contributed by atoms with Crippen LogP contribution in [0.15, 0.2) is 35.5 Å². The number of amides is 1. The predicted octanol–water partition coefficient (Wildman–Crippen LogP) is 2.44. The molecule has 160 valence electrons. The Kier molecular flexibility index (Phi) is 5.46. The number of carbonyl (C=O) groups is 1. The number of fused-ring (bicyclic) bond motifs is 1. The molecule has 2 aromatic rings. The summed E-state index contributed by atoms with van der Waals surface area (Å²) < 4.78 is 41.5. The SMILES string of the molecule is CS(=O)(=O)c1ccc2c(c1)CCN2c1cc(OC2CCN(C(=O)OF)CC2)ncn1. The molecule has 0 spiro atoms. The van der Waals surface area contributed by atoms with Crippen LogP contribution in [0.5, 0.6) is 5.88 Å². The van der Waals surface area contributed by atoms with Crippen molar-refractivity contribution in [3.8, 4) is 5.88 Å². The highest BCUT2D eigenvalue weighted by atomic mass is 32.2. The van der Waals surface area contributed by atoms with Crippen LogP contribution in [0.1, 0.15) is 18.4 Å². The second-order valence-electron chi connectivity index (χ2n) is 7.33. The largest absolute Gasteiger partial charge is 0.474 e. The average molecular weight is 436 g/mol. The molecular weight excluding hydrogens is 415 g/mol. The van der Waals surface area contributed by atoms with Crippen molar-refractivity contribution in [3.05, 3.63) is 36.2 Å². The molecule has 1 aromatic carbocycles. The normalized spacial score (nSPS) is 17.0. The fourth-order valence-corrected chi connectivity index (χ4v) is 4.44. The molecule has 0 bridgehead atoms. The molecule has 2 aliphatic heterocycles. The van der Waals surface area contributed by atoms with Gasteiger partial charge in [0.05, 0.1) is 4.90 Å². The summed E-state index contributed by atoms with van der Waals surface area (Å²) >= 11 is 0. The molecule has 2 aliphatic rings. The smallest absolute Gasteiger partial charge is 0.447 e. The average Bonchev–Trinajstić information content (AvgIpc) is 3.17. The lowest BCUT2D eigenvalue weighted by Gasteiger charge is -2.30. The number of hydrogen-bond acceptors (Lipinski definition) is 8. The maximum Gasteiger partial charge on any atom is 0.447 e. The van der Waals surface area contributed by atoms with Gasteiger partial charge in [-0.3, -0.25) is 0 Å². The van der Waals surface area contributed by atoms with Crippen LogP contribution < -0.4 is 9.64 Å². The van der Waals surface area contributed by atoms with Crippen LogP contribution >= 0.6 is 0 Å². The van der Waals surface area contributed by atoms with Crippen LogP contribution in [0, 0.1) is 0 Å². The third-order valence-electron chi connectivity index (χ3n) is 5.33. The molecule has 30 heavy (non-hydrogen) atoms. The van der Waals surface area contributed by atoms with Crippen molar-refractivity contribution in [1.29, 1.82) is 0 Å². The van der Waals surface area contributed by atoms with E-state index in [1.54, 1.807) is 24.3 Å². The number of likely N-dealkylation sites (tertiary alicyclic amines) is 1. The van der Waals surface area contributed by atoms with Gasteiger partial charge in [-0.25, -0.2) is 28.1 Å². The molecule has 0 radical (unpaired) electrons. The van der Waals surface area contributed by atoms with E-state index in [2.05, 4.69) is 14.9 Å². The van der Waals surface area contributed by atoms with Gasteiger partial charge in [-0.15, -0.1) is 0 Å². The van der Waals surface area contributed by atoms with Crippen LogP contribution in [0.3, 0.4) is 0 Å². The third-order valence-corrected chi connectivity index (χ3v) is 6.44. The molecule has 0 N–H and O–H groups in total. The lowest BCUT2D eigenvalue weighted by Crippen LogP contribution is -2.41. The number of halogens is 1. The Morgan fingerprint density at radius 3 is 2.63 bits per heavy atom. The van der Waals surface area contributed by atoms with Gasteiger partial charge in [0, 0.05) is 55.0 Å². The lowest BCUT2D eigenvalue weighted by molar-refractivity contribution is -0.0835. The molecule has 1 fully saturated rings. The maximum absolute atomic E-state index is 12.0. The molecule has 0 saturated carbocycles. The van der Waals surface area contributed by atoms with Gasteiger partial charge in [-0.05, 0) is 30.2 Å². The Hall–Kier alpha value is -2.95. The summed E-state index contributed by atoms with van der Waals surface area (Å²) in [5.41, 5.74) is 1.86. The standard InChI is InChI=1S/C19H21FN4O5S/c1-30(26,27)15-2-3-16-13(10-15)4-9-24(16)17-11-18(22-12-21-17)28-14-5-7-23(8-6-14)19(25)29-20/h2-3,10-12,14H,4-9H2,1H3. The van der Waals surface area contributed by atoms with E-state index in [-0.39, 0.29) is 6.10 Å². The minimum absolute atomic E-state index is 0.153. The molecule has 0 aliphatic carbocycles. The van der Waals surface area contributed by atoms with E-state index in [1.165, 1.54) is 17.5 Å². The van der Waals surface area contributed by atoms with E-state index in [9.17, 15) is 17.7 Å². The minimum atomic E-state index is -3.26. The Bertz CT molecular complexity index is 1060. The van der Waals surface area contributed by atoms with Gasteiger partial charge in [-0.2, -0.15) is 0 Å². The first-order chi connectivity index (χ1) is 14.3. The number of nitrogens with zero attached hydrogens (tertiary/aromatic N) is 4. The number of sulfone groups is 1. The quantitative estimate of drug-likeness (QED) is 0.720. The molecule has 0 atom stereocenters. The predicted molar refractivity (Wildman–Crippen MR) is 105 cm³/mol. The van der Waals surface area contributed by atoms with Gasteiger partial charge in [-0.1, -0.05) is 0 Å². The number of aromatic nitrogens is 2. The molecular formula is C19H21FN4O5S. The van der Waals surface area contributed by atoms with Crippen molar-refractivity contribution in [2.45, 2.75) is 30.3 Å². The highest BCUT2D eigenvalue weighted by Crippen LogP contribution is 2.35. The van der Waals surface area contributed by atoms with Crippen LogP contribution in [0.2, 0.25) is 0 Å². The van der Waals surface area contributed by atoms with Crippen molar-refractivity contribution >= 4 is 27.4 Å². The zero-order valence-corrected chi connectivity index (χ0v) is 17.1. The van der Waals surface area contributed by atoms with Crippen LogP contribution in [-0.4, -0.2) is 61.4 Å². The van der Waals surface area contributed by atoms with E-state index >= 15 is 0 Å². The van der Waals surface area contributed by atoms with Crippen molar-refractivity contribution in [3.63, 3.8) is 0 Å². The van der Waals surface area contributed by atoms with E-state index < -0.39 is 15.9 Å². The summed E-state index contributed by atoms with van der Waals surface area (Å²) in [6, 6.07) is 6.84. The summed E-state index contributed by atoms with van der Waals surface area (Å²) in [5.74, 6) is 1.07. The molecule has 4 rings (SSSR count). The Morgan fingerprint density at radius 2 is 1.93 bits per heavy atom. The molecule has 9 nitrogen and oxygen atoms in total. The summed E-state index contributed by atoms with van der Waals surface area (Å²) in [7, 11) is -3.26. The second kappa shape index (κ2) is 8.05. The van der Waals surface area contributed by atoms with Crippen molar-refractivity contribution in [2.75, 3.05) is 30.8 Å². The molecule has 1 amide bonds. The van der Waals surface area contributed by atoms with E-state index in [0.717, 1.165) is 11.3 Å². The van der Waals surface area contributed by atoms with Gasteiger partial charge in [0.25, 0.3) is 0 Å². The summed E-state index contributed by atoms with van der Waals surface area (Å²) in [6.07, 6.45) is 3.26. The number of hydrogen-bond donors (Lipinski definition) is 0. The third kappa shape index (κ3) is 4.16.